The summed E-state index contributed by atoms with van der Waals surface area (Å²) in [6.45, 7) is 1.64. The molecule has 0 bridgehead atoms. The van der Waals surface area contributed by atoms with Crippen molar-refractivity contribution < 1.29 is 13.6 Å². The van der Waals surface area contributed by atoms with E-state index in [1.807, 2.05) is 0 Å². The zero-order valence-corrected chi connectivity index (χ0v) is 5.71. The van der Waals surface area contributed by atoms with Crippen molar-refractivity contribution in [2.45, 2.75) is 25.1 Å². The minimum absolute atomic E-state index is 0.156. The molecule has 0 aromatic carbocycles. The van der Waals surface area contributed by atoms with E-state index in [1.165, 1.54) is 0 Å². The lowest BCUT2D eigenvalue weighted by Crippen LogP contribution is -2.20. The Bertz CT molecular complexity index is 108. The highest BCUT2D eigenvalue weighted by molar-refractivity contribution is 6.32. The van der Waals surface area contributed by atoms with Gasteiger partial charge < -0.3 is 0 Å². The van der Waals surface area contributed by atoms with Gasteiger partial charge in [0.1, 0.15) is 0 Å². The molecular formula is C5H7ClF2O. The molecule has 0 aliphatic heterocycles. The summed E-state index contributed by atoms with van der Waals surface area (Å²) in [7, 11) is 0. The average molecular weight is 157 g/mol. The summed E-state index contributed by atoms with van der Waals surface area (Å²) in [5.74, 6) is -1.20. The molecule has 0 rings (SSSR count). The fourth-order valence-electron chi connectivity index (χ4n) is 0.369. The maximum atomic E-state index is 11.7. The fourth-order valence-corrected chi connectivity index (χ4v) is 0.463. The van der Waals surface area contributed by atoms with Crippen LogP contribution in [0.15, 0.2) is 0 Å². The van der Waals surface area contributed by atoms with Crippen molar-refractivity contribution in [3.05, 3.63) is 0 Å². The van der Waals surface area contributed by atoms with Gasteiger partial charge in [0.2, 0.25) is 5.78 Å². The van der Waals surface area contributed by atoms with Gasteiger partial charge in [-0.25, -0.2) is 0 Å². The van der Waals surface area contributed by atoms with Gasteiger partial charge in [-0.2, -0.15) is 8.78 Å². The SMILES string of the molecule is CCCC(=O)C(F)(F)Cl. The van der Waals surface area contributed by atoms with Gasteiger partial charge in [0.15, 0.2) is 0 Å². The number of Topliss-reactive ketones (excluding diaryl/α,β-unsaturated/α-hetero) is 1. The van der Waals surface area contributed by atoms with Crippen LogP contribution in [-0.2, 0) is 4.79 Å². The van der Waals surface area contributed by atoms with E-state index in [0.29, 0.717) is 6.42 Å². The first-order valence-electron chi connectivity index (χ1n) is 2.58. The molecule has 0 aliphatic rings. The number of alkyl halides is 3. The number of halogens is 3. The lowest BCUT2D eigenvalue weighted by molar-refractivity contribution is -0.133. The molecule has 0 saturated carbocycles. The van der Waals surface area contributed by atoms with E-state index >= 15 is 0 Å². The molecule has 4 heteroatoms. The highest BCUT2D eigenvalue weighted by Crippen LogP contribution is 2.21. The highest BCUT2D eigenvalue weighted by Gasteiger charge is 2.33. The van der Waals surface area contributed by atoms with Crippen LogP contribution in [0.4, 0.5) is 8.78 Å². The molecule has 54 valence electrons. The number of carbonyl (C=O) groups excluding carboxylic acids is 1. The summed E-state index contributed by atoms with van der Waals surface area (Å²) in [6, 6.07) is 0. The molecular weight excluding hydrogens is 150 g/mol. The molecule has 1 nitrogen and oxygen atoms in total. The lowest BCUT2D eigenvalue weighted by Gasteiger charge is -2.03. The molecule has 0 atom stereocenters. The summed E-state index contributed by atoms with van der Waals surface area (Å²) in [4.78, 5) is 10.2. The number of hydrogen-bond donors (Lipinski definition) is 0. The maximum Gasteiger partial charge on any atom is 0.380 e. The van der Waals surface area contributed by atoms with Gasteiger partial charge in [0.25, 0.3) is 0 Å². The Morgan fingerprint density at radius 2 is 2.11 bits per heavy atom. The molecule has 0 amide bonds. The molecule has 0 unspecified atom stereocenters. The van der Waals surface area contributed by atoms with Crippen molar-refractivity contribution in [1.29, 1.82) is 0 Å². The molecule has 9 heavy (non-hydrogen) atoms. The van der Waals surface area contributed by atoms with Crippen LogP contribution in [0.2, 0.25) is 0 Å². The maximum absolute atomic E-state index is 11.7. The van der Waals surface area contributed by atoms with Gasteiger partial charge in [-0.1, -0.05) is 6.92 Å². The normalized spacial score (nSPS) is 11.6. The molecule has 0 saturated heterocycles. The van der Waals surface area contributed by atoms with E-state index in [1.54, 1.807) is 6.92 Å². The largest absolute Gasteiger partial charge is 0.380 e. The molecule has 0 N–H and O–H groups in total. The molecule has 0 spiro atoms. The number of rotatable bonds is 3. The Hall–Kier alpha value is -0.180. The Kier molecular flexibility index (Phi) is 3.04. The Morgan fingerprint density at radius 1 is 1.67 bits per heavy atom. The lowest BCUT2D eigenvalue weighted by atomic mass is 10.2. The van der Waals surface area contributed by atoms with Gasteiger partial charge >= 0.3 is 5.38 Å². The zero-order valence-electron chi connectivity index (χ0n) is 4.96. The van der Waals surface area contributed by atoms with Crippen molar-refractivity contribution >= 4 is 17.4 Å². The van der Waals surface area contributed by atoms with Crippen LogP contribution >= 0.6 is 11.6 Å². The number of hydrogen-bond acceptors (Lipinski definition) is 1. The quantitative estimate of drug-likeness (QED) is 0.573. The third-order valence-electron chi connectivity index (χ3n) is 0.793. The van der Waals surface area contributed by atoms with Crippen molar-refractivity contribution in [2.75, 3.05) is 0 Å². The minimum Gasteiger partial charge on any atom is -0.291 e. The van der Waals surface area contributed by atoms with Crippen molar-refractivity contribution in [3.63, 3.8) is 0 Å². The first kappa shape index (κ1) is 8.82. The van der Waals surface area contributed by atoms with Gasteiger partial charge in [0.05, 0.1) is 0 Å². The van der Waals surface area contributed by atoms with Crippen molar-refractivity contribution in [1.82, 2.24) is 0 Å². The van der Waals surface area contributed by atoms with Crippen LogP contribution in [0.1, 0.15) is 19.8 Å². The third-order valence-corrected chi connectivity index (χ3v) is 1.00. The second-order valence-corrected chi connectivity index (χ2v) is 2.15. The van der Waals surface area contributed by atoms with Crippen LogP contribution in [0, 0.1) is 0 Å². The molecule has 0 heterocycles. The predicted molar refractivity (Wildman–Crippen MR) is 30.7 cm³/mol. The fraction of sp³-hybridized carbons (Fsp3) is 0.800. The van der Waals surface area contributed by atoms with Crippen molar-refractivity contribution in [2.24, 2.45) is 0 Å². The number of ketones is 1. The van der Waals surface area contributed by atoms with E-state index in [0.717, 1.165) is 0 Å². The summed E-state index contributed by atoms with van der Waals surface area (Å²) in [6.07, 6.45) is 0.248. The second kappa shape index (κ2) is 3.11. The molecule has 0 aromatic rings. The van der Waals surface area contributed by atoms with Gasteiger partial charge in [0, 0.05) is 6.42 Å². The van der Waals surface area contributed by atoms with Crippen LogP contribution in [-0.4, -0.2) is 11.2 Å². The van der Waals surface area contributed by atoms with Crippen molar-refractivity contribution in [3.8, 4) is 0 Å². The predicted octanol–water partition coefficient (Wildman–Crippen LogP) is 2.19. The Balaban J connectivity index is 3.74. The summed E-state index contributed by atoms with van der Waals surface area (Å²) < 4.78 is 23.4. The first-order valence-corrected chi connectivity index (χ1v) is 2.96. The van der Waals surface area contributed by atoms with E-state index in [9.17, 15) is 13.6 Å². The molecule has 0 radical (unpaired) electrons. The van der Waals surface area contributed by atoms with Gasteiger partial charge in [-0.3, -0.25) is 4.79 Å². The monoisotopic (exact) mass is 156 g/mol. The first-order chi connectivity index (χ1) is 3.98. The van der Waals surface area contributed by atoms with Crippen LogP contribution in [0.3, 0.4) is 0 Å². The molecule has 0 fully saturated rings. The standard InChI is InChI=1S/C5H7ClF2O/c1-2-3-4(9)5(6,7)8/h2-3H2,1H3. The average Bonchev–Trinajstić information content (AvgIpc) is 1.64. The zero-order chi connectivity index (χ0) is 7.49. The van der Waals surface area contributed by atoms with E-state index in [2.05, 4.69) is 11.6 Å². The summed E-state index contributed by atoms with van der Waals surface area (Å²) >= 11 is 4.38. The Labute approximate surface area is 57.0 Å². The smallest absolute Gasteiger partial charge is 0.291 e. The van der Waals surface area contributed by atoms with Crippen LogP contribution in [0.25, 0.3) is 0 Å². The van der Waals surface area contributed by atoms with Crippen LogP contribution < -0.4 is 0 Å². The highest BCUT2D eigenvalue weighted by atomic mass is 35.5. The topological polar surface area (TPSA) is 17.1 Å². The second-order valence-electron chi connectivity index (χ2n) is 1.67. The van der Waals surface area contributed by atoms with Crippen LogP contribution in [0.5, 0.6) is 0 Å². The summed E-state index contributed by atoms with van der Waals surface area (Å²) in [5, 5.41) is -3.66. The molecule has 0 aromatic heterocycles. The van der Waals surface area contributed by atoms with E-state index < -0.39 is 11.2 Å². The van der Waals surface area contributed by atoms with Gasteiger partial charge in [-0.15, -0.1) is 0 Å². The number of carbonyl (C=O) groups is 1. The van der Waals surface area contributed by atoms with E-state index in [4.69, 9.17) is 0 Å². The summed E-state index contributed by atoms with van der Waals surface area (Å²) in [5.41, 5.74) is 0. The Morgan fingerprint density at radius 3 is 2.22 bits per heavy atom. The van der Waals surface area contributed by atoms with E-state index in [-0.39, 0.29) is 6.42 Å². The minimum atomic E-state index is -3.66. The molecule has 0 aliphatic carbocycles. The third kappa shape index (κ3) is 3.40. The van der Waals surface area contributed by atoms with Gasteiger partial charge in [-0.05, 0) is 18.0 Å².